The molecule has 0 saturated carbocycles. The molecule has 0 spiro atoms. The van der Waals surface area contributed by atoms with Crippen molar-refractivity contribution in [2.75, 3.05) is 14.2 Å². The summed E-state index contributed by atoms with van der Waals surface area (Å²) in [7, 11) is 2.68. The fourth-order valence-corrected chi connectivity index (χ4v) is 2.34. The van der Waals surface area contributed by atoms with Crippen LogP contribution in [0.3, 0.4) is 0 Å². The molecular weight excluding hydrogens is 207 g/mol. The molecule has 0 aliphatic rings. The first-order valence-corrected chi connectivity index (χ1v) is 5.11. The van der Waals surface area contributed by atoms with Crippen LogP contribution in [0.2, 0.25) is 0 Å². The summed E-state index contributed by atoms with van der Waals surface area (Å²) in [4.78, 5) is 0. The molecule has 0 rings (SSSR count). The molecule has 0 aromatic rings. The third-order valence-electron chi connectivity index (χ3n) is 0.689. The Morgan fingerprint density at radius 2 is 1.33 bits per heavy atom. The Bertz CT molecular complexity index is 59.5. The zero-order valence-corrected chi connectivity index (χ0v) is 7.96. The van der Waals surface area contributed by atoms with Crippen LogP contribution in [0.5, 0.6) is 0 Å². The molecule has 0 aromatic heterocycles. The molecule has 4 nitrogen and oxygen atoms in total. The Morgan fingerprint density at radius 1 is 1.00 bits per heavy atom. The van der Waals surface area contributed by atoms with Gasteiger partial charge in [0, 0.05) is 0 Å². The van der Waals surface area contributed by atoms with Crippen molar-refractivity contribution >= 4 is 23.7 Å². The van der Waals surface area contributed by atoms with E-state index in [9.17, 15) is 0 Å². The molecule has 7 heteroatoms. The minimum atomic E-state index is -3.64. The Morgan fingerprint density at radius 3 is 1.33 bits per heavy atom. The van der Waals surface area contributed by atoms with Crippen LogP contribution in [0.25, 0.3) is 0 Å². The first-order chi connectivity index (χ1) is 4.24. The second kappa shape index (κ2) is 4.88. The monoisotopic (exact) mass is 212 g/mol. The fourth-order valence-electron chi connectivity index (χ4n) is 0.221. The summed E-state index contributed by atoms with van der Waals surface area (Å²) in [6.07, 6.45) is 0. The van der Waals surface area contributed by atoms with E-state index in [0.717, 1.165) is 0 Å². The second-order valence-electron chi connectivity index (χ2n) is 1.06. The van der Waals surface area contributed by atoms with Crippen molar-refractivity contribution in [1.82, 2.24) is 0 Å². The van der Waals surface area contributed by atoms with Crippen LogP contribution in [0, 0.1) is 0 Å². The zero-order chi connectivity index (χ0) is 7.33. The van der Waals surface area contributed by atoms with Gasteiger partial charge < -0.3 is 0 Å². The maximum atomic E-state index is 4.95. The molecule has 0 N–H and O–H groups in total. The molecule has 0 aliphatic carbocycles. The Kier molecular flexibility index (Phi) is 5.49. The quantitative estimate of drug-likeness (QED) is 0.661. The van der Waals surface area contributed by atoms with E-state index in [1.165, 1.54) is 14.2 Å². The Balaban J connectivity index is 3.82. The second-order valence-corrected chi connectivity index (χ2v) is 5.65. The van der Waals surface area contributed by atoms with Crippen LogP contribution in [0.1, 0.15) is 0 Å². The van der Waals surface area contributed by atoms with Gasteiger partial charge in [-0.2, -0.15) is 0 Å². The summed E-state index contributed by atoms with van der Waals surface area (Å²) in [6, 6.07) is 0. The van der Waals surface area contributed by atoms with Gasteiger partial charge in [0.15, 0.2) is 0 Å². The van der Waals surface area contributed by atoms with Gasteiger partial charge in [-0.05, 0) is 0 Å². The van der Waals surface area contributed by atoms with Gasteiger partial charge in [-0.25, -0.2) is 0 Å². The van der Waals surface area contributed by atoms with Crippen LogP contribution in [-0.4, -0.2) is 14.2 Å². The number of halogens is 2. The topological polar surface area (TPSA) is 36.9 Å². The van der Waals surface area contributed by atoms with Crippen LogP contribution < -0.4 is 0 Å². The van der Waals surface area contributed by atoms with E-state index >= 15 is 0 Å². The van der Waals surface area contributed by atoms with Gasteiger partial charge >= 0.3 is 68.5 Å². The molecule has 0 heterocycles. The van der Waals surface area contributed by atoms with E-state index in [1.54, 1.807) is 0 Å². The molecule has 0 saturated heterocycles. The minimum absolute atomic E-state index is 1.34. The molecule has 9 heavy (non-hydrogen) atoms. The standard InChI is InChI=1S/2CH3O.2ClO.Ti/c4*1-2;/h2*1H3;;;/q4*-1;+4. The van der Waals surface area contributed by atoms with E-state index in [2.05, 4.69) is 12.4 Å². The Labute approximate surface area is 68.5 Å². The van der Waals surface area contributed by atoms with Crippen molar-refractivity contribution in [3.8, 4) is 0 Å². The van der Waals surface area contributed by atoms with E-state index in [4.69, 9.17) is 23.7 Å². The van der Waals surface area contributed by atoms with Crippen LogP contribution in [0.15, 0.2) is 0 Å². The van der Waals surface area contributed by atoms with E-state index in [1.807, 2.05) is 0 Å². The van der Waals surface area contributed by atoms with Crippen molar-refractivity contribution < 1.29 is 30.5 Å². The number of hydrogen-bond donors (Lipinski definition) is 0. The maximum absolute atomic E-state index is 4.95. The predicted molar refractivity (Wildman–Crippen MR) is 27.9 cm³/mol. The molecule has 0 radical (unpaired) electrons. The SMILES string of the molecule is C[O][Ti]([O]C)([O]Cl)[O]Cl. The molecule has 0 atom stereocenters. The number of rotatable bonds is 4. The molecule has 0 aliphatic heterocycles. The van der Waals surface area contributed by atoms with Gasteiger partial charge in [0.25, 0.3) is 0 Å². The Hall–Kier alpha value is 1.13. The molecule has 56 valence electrons. The molecule has 0 fully saturated rings. The van der Waals surface area contributed by atoms with E-state index < -0.39 is 18.1 Å². The molecule has 0 bridgehead atoms. The molecular formula is C2H6Cl2O4Ti. The fraction of sp³-hybridized carbons (Fsp3) is 1.00. The third kappa shape index (κ3) is 2.70. The normalized spacial score (nSPS) is 12.0. The number of hydrogen-bond acceptors (Lipinski definition) is 4. The summed E-state index contributed by atoms with van der Waals surface area (Å²) >= 11 is 6.26. The summed E-state index contributed by atoms with van der Waals surface area (Å²) in [5.41, 5.74) is 0. The van der Waals surface area contributed by atoms with E-state index in [-0.39, 0.29) is 0 Å². The first-order valence-electron chi connectivity index (χ1n) is 1.94. The van der Waals surface area contributed by atoms with Crippen LogP contribution in [0.4, 0.5) is 0 Å². The first kappa shape index (κ1) is 10.1. The summed E-state index contributed by atoms with van der Waals surface area (Å²) in [6.45, 7) is 0. The van der Waals surface area contributed by atoms with Crippen LogP contribution >= 0.6 is 23.7 Å². The molecule has 0 unspecified atom stereocenters. The van der Waals surface area contributed by atoms with Crippen molar-refractivity contribution in [1.29, 1.82) is 0 Å². The van der Waals surface area contributed by atoms with Gasteiger partial charge in [0.2, 0.25) is 0 Å². The van der Waals surface area contributed by atoms with Crippen molar-refractivity contribution in [3.63, 3.8) is 0 Å². The summed E-state index contributed by atoms with van der Waals surface area (Å²) in [5, 5.41) is 0. The van der Waals surface area contributed by atoms with Gasteiger partial charge in [-0.1, -0.05) is 0 Å². The molecule has 0 aromatic carbocycles. The zero-order valence-electron chi connectivity index (χ0n) is 4.89. The van der Waals surface area contributed by atoms with Crippen molar-refractivity contribution in [2.24, 2.45) is 0 Å². The van der Waals surface area contributed by atoms with Crippen molar-refractivity contribution in [2.45, 2.75) is 0 Å². The predicted octanol–water partition coefficient (Wildman–Crippen LogP) is 1.43. The van der Waals surface area contributed by atoms with Crippen molar-refractivity contribution in [3.05, 3.63) is 0 Å². The third-order valence-corrected chi connectivity index (χ3v) is 4.40. The summed E-state index contributed by atoms with van der Waals surface area (Å²) in [5.74, 6) is 0. The van der Waals surface area contributed by atoms with E-state index in [0.29, 0.717) is 0 Å². The molecule has 0 amide bonds. The average Bonchev–Trinajstić information content (AvgIpc) is 1.95. The van der Waals surface area contributed by atoms with Gasteiger partial charge in [-0.3, -0.25) is 0 Å². The van der Waals surface area contributed by atoms with Gasteiger partial charge in [0.05, 0.1) is 0 Å². The summed E-state index contributed by atoms with van der Waals surface area (Å²) < 4.78 is 17.8. The van der Waals surface area contributed by atoms with Gasteiger partial charge in [0.1, 0.15) is 0 Å². The van der Waals surface area contributed by atoms with Crippen LogP contribution in [-0.2, 0) is 30.5 Å². The van der Waals surface area contributed by atoms with Gasteiger partial charge in [-0.15, -0.1) is 0 Å². The average molecular weight is 213 g/mol.